The van der Waals surface area contributed by atoms with Gasteiger partial charge in [-0.2, -0.15) is 0 Å². The molecule has 0 aromatic rings. The molecule has 2 N–H and O–H groups in total. The Kier molecular flexibility index (Phi) is 5.34. The summed E-state index contributed by atoms with van der Waals surface area (Å²) >= 11 is 0. The predicted octanol–water partition coefficient (Wildman–Crippen LogP) is 0.532. The highest BCUT2D eigenvalue weighted by atomic mass is 16.7. The monoisotopic (exact) mass is 248 g/mol. The fourth-order valence-corrected chi connectivity index (χ4v) is 2.05. The Morgan fingerprint density at radius 3 is 2.53 bits per heavy atom. The molecule has 0 aliphatic carbocycles. The molecule has 5 atom stereocenters. The van der Waals surface area contributed by atoms with Gasteiger partial charge in [-0.3, -0.25) is 0 Å². The van der Waals surface area contributed by atoms with Crippen molar-refractivity contribution >= 4 is 0 Å². The van der Waals surface area contributed by atoms with Gasteiger partial charge in [-0.05, 0) is 13.3 Å². The van der Waals surface area contributed by atoms with Crippen LogP contribution in [0.25, 0.3) is 0 Å². The first-order valence-corrected chi connectivity index (χ1v) is 6.10. The van der Waals surface area contributed by atoms with E-state index < -0.39 is 24.1 Å². The van der Waals surface area contributed by atoms with Gasteiger partial charge in [-0.15, -0.1) is 0 Å². The van der Waals surface area contributed by atoms with Crippen LogP contribution in [0.15, 0.2) is 0 Å². The minimum atomic E-state index is -0.972. The molecule has 17 heavy (non-hydrogen) atoms. The minimum absolute atomic E-state index is 0.242. The Hall–Kier alpha value is -0.200. The smallest absolute Gasteiger partial charge is 0.163 e. The lowest BCUT2D eigenvalue weighted by molar-refractivity contribution is -0.315. The zero-order valence-corrected chi connectivity index (χ0v) is 11.0. The molecule has 1 heterocycles. The van der Waals surface area contributed by atoms with E-state index in [9.17, 15) is 10.2 Å². The number of methoxy groups -OCH3 is 1. The van der Waals surface area contributed by atoms with Crippen LogP contribution in [-0.4, -0.2) is 54.6 Å². The molecule has 5 nitrogen and oxygen atoms in total. The van der Waals surface area contributed by atoms with Crippen molar-refractivity contribution in [2.75, 3.05) is 20.3 Å². The van der Waals surface area contributed by atoms with Crippen LogP contribution in [0.3, 0.4) is 0 Å². The highest BCUT2D eigenvalue weighted by Crippen LogP contribution is 2.33. The fraction of sp³-hybridized carbons (Fsp3) is 1.00. The van der Waals surface area contributed by atoms with Crippen LogP contribution in [0, 0.1) is 5.92 Å². The number of rotatable bonds is 5. The molecule has 0 unspecified atom stereocenters. The maximum absolute atomic E-state index is 10.1. The summed E-state index contributed by atoms with van der Waals surface area (Å²) in [6, 6.07) is 0. The topological polar surface area (TPSA) is 68.2 Å². The van der Waals surface area contributed by atoms with Gasteiger partial charge in [0.1, 0.15) is 11.7 Å². The summed E-state index contributed by atoms with van der Waals surface area (Å²) in [5, 5.41) is 20.0. The zero-order valence-electron chi connectivity index (χ0n) is 11.0. The van der Waals surface area contributed by atoms with E-state index in [1.165, 1.54) is 7.11 Å². The Balaban J connectivity index is 2.69. The fourth-order valence-electron chi connectivity index (χ4n) is 2.05. The molecule has 1 aliphatic heterocycles. The third-order valence-electron chi connectivity index (χ3n) is 3.27. The van der Waals surface area contributed by atoms with Crippen LogP contribution in [0.4, 0.5) is 0 Å². The maximum Gasteiger partial charge on any atom is 0.163 e. The van der Waals surface area contributed by atoms with Gasteiger partial charge < -0.3 is 24.4 Å². The van der Waals surface area contributed by atoms with Crippen molar-refractivity contribution in [2.24, 2.45) is 5.92 Å². The normalized spacial score (nSPS) is 42.7. The molecule has 0 aromatic carbocycles. The first-order chi connectivity index (χ1) is 7.96. The molecule has 0 amide bonds. The molecule has 1 rings (SSSR count). The van der Waals surface area contributed by atoms with E-state index >= 15 is 0 Å². The summed E-state index contributed by atoms with van der Waals surface area (Å²) in [6.45, 7) is 6.37. The van der Waals surface area contributed by atoms with Gasteiger partial charge >= 0.3 is 0 Å². The van der Waals surface area contributed by atoms with Crippen LogP contribution in [0.2, 0.25) is 0 Å². The average Bonchev–Trinajstić information content (AvgIpc) is 2.32. The zero-order chi connectivity index (χ0) is 13.1. The molecule has 0 radical (unpaired) electrons. The van der Waals surface area contributed by atoms with Crippen molar-refractivity contribution < 1.29 is 24.4 Å². The summed E-state index contributed by atoms with van der Waals surface area (Å²) in [7, 11) is 1.53. The van der Waals surface area contributed by atoms with Crippen molar-refractivity contribution in [3.63, 3.8) is 0 Å². The Bertz CT molecular complexity index is 233. The Labute approximate surface area is 103 Å². The quantitative estimate of drug-likeness (QED) is 0.695. The highest BCUT2D eigenvalue weighted by Gasteiger charge is 2.49. The van der Waals surface area contributed by atoms with Crippen LogP contribution in [-0.2, 0) is 14.2 Å². The van der Waals surface area contributed by atoms with Gasteiger partial charge in [0.15, 0.2) is 6.29 Å². The number of ether oxygens (including phenoxy) is 3. The van der Waals surface area contributed by atoms with E-state index in [1.54, 1.807) is 13.8 Å². The standard InChI is InChI=1S/C12H24O5/c1-5-6-16-7-12(3)10(14)9(13)8(2)11(15-4)17-12/h8-11,13-14H,5-7H2,1-4H3/t8-,9-,10-,11+,12-/m1/s1. The number of hydrogen-bond donors (Lipinski definition) is 2. The van der Waals surface area contributed by atoms with Gasteiger partial charge in [-0.1, -0.05) is 13.8 Å². The lowest BCUT2D eigenvalue weighted by Crippen LogP contribution is -2.62. The van der Waals surface area contributed by atoms with E-state index in [4.69, 9.17) is 14.2 Å². The molecular formula is C12H24O5. The second kappa shape index (κ2) is 6.11. The lowest BCUT2D eigenvalue weighted by Gasteiger charge is -2.47. The molecule has 0 saturated carbocycles. The molecule has 0 aromatic heterocycles. The van der Waals surface area contributed by atoms with Gasteiger partial charge in [0.05, 0.1) is 12.7 Å². The second-order valence-electron chi connectivity index (χ2n) is 4.88. The van der Waals surface area contributed by atoms with Crippen LogP contribution in [0.1, 0.15) is 27.2 Å². The Morgan fingerprint density at radius 2 is 2.00 bits per heavy atom. The molecule has 102 valence electrons. The summed E-state index contributed by atoms with van der Waals surface area (Å²) in [5.41, 5.74) is -0.929. The maximum atomic E-state index is 10.1. The molecule has 5 heteroatoms. The van der Waals surface area contributed by atoms with E-state index in [1.807, 2.05) is 6.92 Å². The third-order valence-corrected chi connectivity index (χ3v) is 3.27. The number of aliphatic hydroxyl groups is 2. The van der Waals surface area contributed by atoms with Crippen molar-refractivity contribution in [3.05, 3.63) is 0 Å². The predicted molar refractivity (Wildman–Crippen MR) is 62.6 cm³/mol. The van der Waals surface area contributed by atoms with Gasteiger partial charge in [0.2, 0.25) is 0 Å². The minimum Gasteiger partial charge on any atom is -0.390 e. The van der Waals surface area contributed by atoms with E-state index in [2.05, 4.69) is 0 Å². The van der Waals surface area contributed by atoms with Crippen molar-refractivity contribution in [1.82, 2.24) is 0 Å². The third kappa shape index (κ3) is 3.17. The van der Waals surface area contributed by atoms with E-state index in [-0.39, 0.29) is 12.5 Å². The molecule has 0 spiro atoms. The van der Waals surface area contributed by atoms with Gasteiger partial charge in [0.25, 0.3) is 0 Å². The molecule has 1 aliphatic rings. The first-order valence-electron chi connectivity index (χ1n) is 6.10. The van der Waals surface area contributed by atoms with E-state index in [0.29, 0.717) is 6.61 Å². The van der Waals surface area contributed by atoms with Crippen LogP contribution >= 0.6 is 0 Å². The van der Waals surface area contributed by atoms with Crippen LogP contribution in [0.5, 0.6) is 0 Å². The number of aliphatic hydroxyl groups excluding tert-OH is 2. The summed E-state index contributed by atoms with van der Waals surface area (Å²) < 4.78 is 16.3. The summed E-state index contributed by atoms with van der Waals surface area (Å²) in [5.74, 6) is -0.269. The highest BCUT2D eigenvalue weighted by molar-refractivity contribution is 4.96. The molecule has 1 fully saturated rings. The van der Waals surface area contributed by atoms with E-state index in [0.717, 1.165) is 6.42 Å². The largest absolute Gasteiger partial charge is 0.390 e. The van der Waals surface area contributed by atoms with Crippen molar-refractivity contribution in [3.8, 4) is 0 Å². The molecular weight excluding hydrogens is 224 g/mol. The molecule has 0 bridgehead atoms. The van der Waals surface area contributed by atoms with Gasteiger partial charge in [-0.25, -0.2) is 0 Å². The van der Waals surface area contributed by atoms with Crippen molar-refractivity contribution in [1.29, 1.82) is 0 Å². The van der Waals surface area contributed by atoms with Crippen molar-refractivity contribution in [2.45, 2.75) is 51.3 Å². The second-order valence-corrected chi connectivity index (χ2v) is 4.88. The Morgan fingerprint density at radius 1 is 1.35 bits per heavy atom. The lowest BCUT2D eigenvalue weighted by atomic mass is 9.85. The summed E-state index contributed by atoms with van der Waals surface area (Å²) in [4.78, 5) is 0. The molecule has 1 saturated heterocycles. The van der Waals surface area contributed by atoms with Gasteiger partial charge in [0, 0.05) is 19.6 Å². The summed E-state index contributed by atoms with van der Waals surface area (Å²) in [6.07, 6.45) is -1.47. The SMILES string of the molecule is CCCOC[C@@]1(C)O[C@H](OC)[C@H](C)[C@@H](O)[C@H]1O. The number of hydrogen-bond acceptors (Lipinski definition) is 5. The first kappa shape index (κ1) is 14.9. The van der Waals surface area contributed by atoms with Crippen LogP contribution < -0.4 is 0 Å². The average molecular weight is 248 g/mol.